The van der Waals surface area contributed by atoms with Gasteiger partial charge in [-0.05, 0) is 25.7 Å². The highest BCUT2D eigenvalue weighted by Crippen LogP contribution is 2.28. The highest BCUT2D eigenvalue weighted by Gasteiger charge is 2.35. The first-order valence-electron chi connectivity index (χ1n) is 6.21. The number of amides is 1. The molecule has 0 atom stereocenters. The predicted molar refractivity (Wildman–Crippen MR) is 66.7 cm³/mol. The van der Waals surface area contributed by atoms with Crippen LogP contribution in [0.1, 0.15) is 38.5 Å². The molecule has 92 valence electrons. The Bertz CT molecular complexity index is 245. The molecule has 1 saturated heterocycles. The van der Waals surface area contributed by atoms with Crippen molar-refractivity contribution in [2.24, 2.45) is 5.92 Å². The predicted octanol–water partition coefficient (Wildman–Crippen LogP) is 2.24. The minimum Gasteiger partial charge on any atom is -0.381 e. The summed E-state index contributed by atoms with van der Waals surface area (Å²) in [6, 6.07) is 0. The third-order valence-corrected chi connectivity index (χ3v) is 4.89. The van der Waals surface area contributed by atoms with Gasteiger partial charge >= 0.3 is 0 Å². The molecule has 16 heavy (non-hydrogen) atoms. The van der Waals surface area contributed by atoms with Crippen LogP contribution in [-0.4, -0.2) is 30.0 Å². The molecule has 0 bridgehead atoms. The first-order valence-corrected chi connectivity index (χ1v) is 7.34. The molecule has 4 heteroatoms. The van der Waals surface area contributed by atoms with Crippen molar-refractivity contribution < 1.29 is 9.53 Å². The van der Waals surface area contributed by atoms with Crippen LogP contribution >= 0.6 is 15.9 Å². The summed E-state index contributed by atoms with van der Waals surface area (Å²) in [5, 5.41) is 4.09. The van der Waals surface area contributed by atoms with Crippen molar-refractivity contribution in [3.05, 3.63) is 0 Å². The van der Waals surface area contributed by atoms with E-state index in [0.717, 1.165) is 44.2 Å². The van der Waals surface area contributed by atoms with Gasteiger partial charge in [0, 0.05) is 24.5 Å². The Hall–Kier alpha value is -0.0900. The molecule has 1 aliphatic carbocycles. The lowest BCUT2D eigenvalue weighted by atomic mass is 9.91. The average Bonchev–Trinajstić information content (AvgIpc) is 2.84. The zero-order valence-electron chi connectivity index (χ0n) is 9.64. The van der Waals surface area contributed by atoms with Gasteiger partial charge in [-0.3, -0.25) is 4.79 Å². The van der Waals surface area contributed by atoms with Crippen LogP contribution in [0.3, 0.4) is 0 Å². The van der Waals surface area contributed by atoms with Crippen LogP contribution in [0.5, 0.6) is 0 Å². The highest BCUT2D eigenvalue weighted by molar-refractivity contribution is 9.09. The maximum atomic E-state index is 12.1. The Morgan fingerprint density at radius 3 is 2.50 bits per heavy atom. The molecule has 1 heterocycles. The van der Waals surface area contributed by atoms with Crippen LogP contribution in [0.15, 0.2) is 0 Å². The molecular formula is C12H20BrNO2. The number of carbonyl (C=O) groups excluding carboxylic acids is 1. The fraction of sp³-hybridized carbons (Fsp3) is 0.917. The van der Waals surface area contributed by atoms with Crippen molar-refractivity contribution >= 4 is 21.8 Å². The lowest BCUT2D eigenvalue weighted by molar-refractivity contribution is -0.127. The van der Waals surface area contributed by atoms with Crippen LogP contribution in [0.2, 0.25) is 0 Å². The Labute approximate surface area is 105 Å². The summed E-state index contributed by atoms with van der Waals surface area (Å²) in [5.41, 5.74) is -0.0576. The lowest BCUT2D eigenvalue weighted by Crippen LogP contribution is -2.54. The normalized spacial score (nSPS) is 25.6. The van der Waals surface area contributed by atoms with Crippen molar-refractivity contribution in [1.82, 2.24) is 5.32 Å². The number of carbonyl (C=O) groups is 1. The molecule has 0 radical (unpaired) electrons. The fourth-order valence-corrected chi connectivity index (χ4v) is 3.31. The van der Waals surface area contributed by atoms with Gasteiger partial charge in [0.2, 0.25) is 5.91 Å². The summed E-state index contributed by atoms with van der Waals surface area (Å²) < 4.78 is 5.36. The first-order chi connectivity index (χ1) is 7.76. The number of ether oxygens (including phenoxy) is 1. The van der Waals surface area contributed by atoms with E-state index in [1.54, 1.807) is 0 Å². The zero-order valence-corrected chi connectivity index (χ0v) is 11.2. The molecule has 1 aliphatic heterocycles. The lowest BCUT2D eigenvalue weighted by Gasteiger charge is -2.37. The van der Waals surface area contributed by atoms with E-state index < -0.39 is 0 Å². The van der Waals surface area contributed by atoms with Crippen molar-refractivity contribution in [2.75, 3.05) is 18.5 Å². The van der Waals surface area contributed by atoms with E-state index >= 15 is 0 Å². The molecular weight excluding hydrogens is 270 g/mol. The van der Waals surface area contributed by atoms with Gasteiger partial charge in [0.25, 0.3) is 0 Å². The van der Waals surface area contributed by atoms with Crippen molar-refractivity contribution in [2.45, 2.75) is 44.1 Å². The molecule has 0 aromatic carbocycles. The SMILES string of the molecule is O=C(NC1(CBr)CCOCC1)C1CCCC1. The molecule has 3 nitrogen and oxygen atoms in total. The first kappa shape index (κ1) is 12.4. The zero-order chi connectivity index (χ0) is 11.4. The van der Waals surface area contributed by atoms with Gasteiger partial charge in [0.1, 0.15) is 0 Å². The average molecular weight is 290 g/mol. The number of rotatable bonds is 3. The fourth-order valence-electron chi connectivity index (χ4n) is 2.61. The Morgan fingerprint density at radius 2 is 1.94 bits per heavy atom. The molecule has 0 spiro atoms. The maximum Gasteiger partial charge on any atom is 0.223 e. The van der Waals surface area contributed by atoms with E-state index in [0.29, 0.717) is 0 Å². The van der Waals surface area contributed by atoms with Gasteiger partial charge in [-0.15, -0.1) is 0 Å². The number of hydrogen-bond donors (Lipinski definition) is 1. The molecule has 0 unspecified atom stereocenters. The van der Waals surface area contributed by atoms with E-state index in [1.165, 1.54) is 12.8 Å². The summed E-state index contributed by atoms with van der Waals surface area (Å²) in [6.07, 6.45) is 6.42. The number of nitrogens with one attached hydrogen (secondary N) is 1. The van der Waals surface area contributed by atoms with Gasteiger partial charge in [0.05, 0.1) is 5.54 Å². The van der Waals surface area contributed by atoms with E-state index in [-0.39, 0.29) is 17.4 Å². The maximum absolute atomic E-state index is 12.1. The summed E-state index contributed by atoms with van der Waals surface area (Å²) in [7, 11) is 0. The molecule has 2 fully saturated rings. The molecule has 1 amide bonds. The monoisotopic (exact) mass is 289 g/mol. The second-order valence-corrected chi connectivity index (χ2v) is 5.56. The third kappa shape index (κ3) is 2.77. The Balaban J connectivity index is 1.91. The summed E-state index contributed by atoms with van der Waals surface area (Å²) >= 11 is 3.53. The van der Waals surface area contributed by atoms with Crippen LogP contribution in [0, 0.1) is 5.92 Å². The summed E-state index contributed by atoms with van der Waals surface area (Å²) in [4.78, 5) is 12.1. The highest BCUT2D eigenvalue weighted by atomic mass is 79.9. The second kappa shape index (κ2) is 5.50. The number of alkyl halides is 1. The molecule has 0 aromatic heterocycles. The molecule has 2 aliphatic rings. The van der Waals surface area contributed by atoms with Gasteiger partial charge in [-0.25, -0.2) is 0 Å². The van der Waals surface area contributed by atoms with E-state index in [2.05, 4.69) is 21.2 Å². The van der Waals surface area contributed by atoms with E-state index in [4.69, 9.17) is 4.74 Å². The smallest absolute Gasteiger partial charge is 0.223 e. The van der Waals surface area contributed by atoms with Crippen molar-refractivity contribution in [1.29, 1.82) is 0 Å². The van der Waals surface area contributed by atoms with E-state index in [9.17, 15) is 4.79 Å². The summed E-state index contributed by atoms with van der Waals surface area (Å²) in [5.74, 6) is 0.526. The quantitative estimate of drug-likeness (QED) is 0.810. The number of halogens is 1. The minimum atomic E-state index is -0.0576. The second-order valence-electron chi connectivity index (χ2n) is 5.00. The van der Waals surface area contributed by atoms with Gasteiger partial charge < -0.3 is 10.1 Å². The van der Waals surface area contributed by atoms with Gasteiger partial charge in [0.15, 0.2) is 0 Å². The molecule has 1 saturated carbocycles. The van der Waals surface area contributed by atoms with E-state index in [1.807, 2.05) is 0 Å². The Morgan fingerprint density at radius 1 is 1.31 bits per heavy atom. The van der Waals surface area contributed by atoms with Crippen molar-refractivity contribution in [3.63, 3.8) is 0 Å². The topological polar surface area (TPSA) is 38.3 Å². The van der Waals surface area contributed by atoms with Crippen LogP contribution < -0.4 is 5.32 Å². The minimum absolute atomic E-state index is 0.0576. The van der Waals surface area contributed by atoms with Crippen LogP contribution in [0.25, 0.3) is 0 Å². The largest absolute Gasteiger partial charge is 0.381 e. The molecule has 1 N–H and O–H groups in total. The van der Waals surface area contributed by atoms with Crippen molar-refractivity contribution in [3.8, 4) is 0 Å². The summed E-state index contributed by atoms with van der Waals surface area (Å²) in [6.45, 7) is 1.52. The number of hydrogen-bond acceptors (Lipinski definition) is 2. The van der Waals surface area contributed by atoms with Crippen LogP contribution in [0.4, 0.5) is 0 Å². The third-order valence-electron chi connectivity index (χ3n) is 3.82. The van der Waals surface area contributed by atoms with Crippen LogP contribution in [-0.2, 0) is 9.53 Å². The molecule has 2 rings (SSSR count). The van der Waals surface area contributed by atoms with Gasteiger partial charge in [-0.1, -0.05) is 28.8 Å². The standard InChI is InChI=1S/C12H20BrNO2/c13-9-12(5-7-16-8-6-12)14-11(15)10-3-1-2-4-10/h10H,1-9H2,(H,14,15). The van der Waals surface area contributed by atoms with Gasteiger partial charge in [-0.2, -0.15) is 0 Å². The Kier molecular flexibility index (Phi) is 4.25. The molecule has 0 aromatic rings.